The van der Waals surface area contributed by atoms with Crippen LogP contribution >= 0.6 is 15.9 Å². The second-order valence-electron chi connectivity index (χ2n) is 4.21. The Morgan fingerprint density at radius 2 is 1.85 bits per heavy atom. The molecule has 2 aromatic rings. The summed E-state index contributed by atoms with van der Waals surface area (Å²) in [6.07, 6.45) is 0. The highest BCUT2D eigenvalue weighted by Crippen LogP contribution is 2.14. The van der Waals surface area contributed by atoms with Gasteiger partial charge in [0.1, 0.15) is 0 Å². The molecule has 0 unspecified atom stereocenters. The Balaban J connectivity index is 2.16. The number of carbonyl (C=O) groups is 1. The fourth-order valence-electron chi connectivity index (χ4n) is 1.65. The Morgan fingerprint density at radius 1 is 1.15 bits per heavy atom. The maximum absolute atomic E-state index is 10.9. The first-order valence-electron chi connectivity index (χ1n) is 5.96. The van der Waals surface area contributed by atoms with Crippen molar-refractivity contribution in [1.82, 2.24) is 0 Å². The molecule has 0 radical (unpaired) electrons. The van der Waals surface area contributed by atoms with Crippen LogP contribution in [0.3, 0.4) is 0 Å². The van der Waals surface area contributed by atoms with Crippen LogP contribution in [0.25, 0.3) is 0 Å². The van der Waals surface area contributed by atoms with Crippen LogP contribution < -0.4 is 5.43 Å². The van der Waals surface area contributed by atoms with Gasteiger partial charge in [0.25, 0.3) is 0 Å². The van der Waals surface area contributed by atoms with Crippen molar-refractivity contribution in [3.63, 3.8) is 0 Å². The van der Waals surface area contributed by atoms with E-state index >= 15 is 0 Å². The van der Waals surface area contributed by atoms with Gasteiger partial charge in [0.15, 0.2) is 0 Å². The smallest absolute Gasteiger partial charge is 0.335 e. The van der Waals surface area contributed by atoms with Crippen molar-refractivity contribution in [3.8, 4) is 0 Å². The van der Waals surface area contributed by atoms with Gasteiger partial charge in [-0.3, -0.25) is 5.43 Å². The van der Waals surface area contributed by atoms with Gasteiger partial charge in [0.2, 0.25) is 0 Å². The quantitative estimate of drug-likeness (QED) is 0.657. The summed E-state index contributed by atoms with van der Waals surface area (Å²) >= 11 is 3.41. The maximum Gasteiger partial charge on any atom is 0.335 e. The highest BCUT2D eigenvalue weighted by molar-refractivity contribution is 9.10. The molecule has 0 aliphatic rings. The van der Waals surface area contributed by atoms with Crippen molar-refractivity contribution in [1.29, 1.82) is 0 Å². The lowest BCUT2D eigenvalue weighted by Gasteiger charge is -2.05. The molecule has 0 atom stereocenters. The van der Waals surface area contributed by atoms with E-state index in [1.54, 1.807) is 24.3 Å². The highest BCUT2D eigenvalue weighted by Gasteiger charge is 2.03. The largest absolute Gasteiger partial charge is 0.478 e. The summed E-state index contributed by atoms with van der Waals surface area (Å²) in [6, 6.07) is 14.3. The van der Waals surface area contributed by atoms with Crippen LogP contribution in [0.4, 0.5) is 5.69 Å². The molecule has 0 fully saturated rings. The molecule has 4 nitrogen and oxygen atoms in total. The molecule has 0 aromatic heterocycles. The van der Waals surface area contributed by atoms with E-state index in [2.05, 4.69) is 26.5 Å². The number of rotatable bonds is 4. The number of halogens is 1. The average molecular weight is 333 g/mol. The number of carboxylic acid groups (broad SMARTS) is 1. The summed E-state index contributed by atoms with van der Waals surface area (Å²) in [4.78, 5) is 10.9. The molecule has 5 heteroatoms. The van der Waals surface area contributed by atoms with Crippen LogP contribution in [0.2, 0.25) is 0 Å². The van der Waals surface area contributed by atoms with Crippen molar-refractivity contribution < 1.29 is 9.90 Å². The molecule has 0 amide bonds. The van der Waals surface area contributed by atoms with Crippen LogP contribution in [-0.2, 0) is 0 Å². The summed E-state index contributed by atoms with van der Waals surface area (Å²) in [7, 11) is 0. The third-order valence-electron chi connectivity index (χ3n) is 2.70. The van der Waals surface area contributed by atoms with Crippen molar-refractivity contribution in [2.75, 3.05) is 5.43 Å². The predicted molar refractivity (Wildman–Crippen MR) is 83.4 cm³/mol. The first-order chi connectivity index (χ1) is 9.56. The van der Waals surface area contributed by atoms with Crippen LogP contribution in [0.1, 0.15) is 22.8 Å². The van der Waals surface area contributed by atoms with E-state index < -0.39 is 5.97 Å². The van der Waals surface area contributed by atoms with Gasteiger partial charge in [-0.25, -0.2) is 4.79 Å². The molecule has 0 bridgehead atoms. The standard InChI is InChI=1S/C15H13BrN2O2/c1-10(11-4-2-6-13(16)8-11)17-18-14-7-3-5-12(9-14)15(19)20/h2-9,18H,1H3,(H,19,20)/b17-10+. The molecule has 0 aliphatic carbocycles. The number of aromatic carboxylic acids is 1. The van der Waals surface area contributed by atoms with Gasteiger partial charge in [0.05, 0.1) is 17.0 Å². The molecular weight excluding hydrogens is 320 g/mol. The molecule has 0 heterocycles. The normalized spacial score (nSPS) is 11.2. The van der Waals surface area contributed by atoms with E-state index in [-0.39, 0.29) is 5.56 Å². The van der Waals surface area contributed by atoms with E-state index in [1.807, 2.05) is 31.2 Å². The molecule has 0 spiro atoms. The molecule has 0 aliphatic heterocycles. The van der Waals surface area contributed by atoms with E-state index in [0.717, 1.165) is 15.7 Å². The molecule has 102 valence electrons. The number of carboxylic acids is 1. The average Bonchev–Trinajstić information content (AvgIpc) is 2.45. The topological polar surface area (TPSA) is 61.7 Å². The van der Waals surface area contributed by atoms with Gasteiger partial charge in [-0.05, 0) is 42.8 Å². The highest BCUT2D eigenvalue weighted by atomic mass is 79.9. The number of anilines is 1. The third-order valence-corrected chi connectivity index (χ3v) is 3.20. The van der Waals surface area contributed by atoms with Gasteiger partial charge >= 0.3 is 5.97 Å². The first kappa shape index (κ1) is 14.3. The number of nitrogens with one attached hydrogen (secondary N) is 1. The summed E-state index contributed by atoms with van der Waals surface area (Å²) in [5, 5.41) is 13.2. The van der Waals surface area contributed by atoms with Gasteiger partial charge in [-0.15, -0.1) is 0 Å². The van der Waals surface area contributed by atoms with Crippen LogP contribution in [-0.4, -0.2) is 16.8 Å². The van der Waals surface area contributed by atoms with Crippen molar-refractivity contribution in [2.45, 2.75) is 6.92 Å². The number of hydrogen-bond donors (Lipinski definition) is 2. The Bertz CT molecular complexity index is 668. The van der Waals surface area contributed by atoms with Crippen molar-refractivity contribution in [3.05, 3.63) is 64.1 Å². The fraction of sp³-hybridized carbons (Fsp3) is 0.0667. The van der Waals surface area contributed by atoms with Crippen LogP contribution in [0.5, 0.6) is 0 Å². The molecule has 20 heavy (non-hydrogen) atoms. The van der Waals surface area contributed by atoms with Gasteiger partial charge in [-0.2, -0.15) is 5.10 Å². The molecular formula is C15H13BrN2O2. The van der Waals surface area contributed by atoms with E-state index in [0.29, 0.717) is 5.69 Å². The zero-order valence-electron chi connectivity index (χ0n) is 10.8. The zero-order chi connectivity index (χ0) is 14.5. The van der Waals surface area contributed by atoms with Crippen LogP contribution in [0.15, 0.2) is 58.1 Å². The lowest BCUT2D eigenvalue weighted by Crippen LogP contribution is -2.01. The van der Waals surface area contributed by atoms with E-state index in [4.69, 9.17) is 5.11 Å². The lowest BCUT2D eigenvalue weighted by molar-refractivity contribution is 0.0697. The van der Waals surface area contributed by atoms with Gasteiger partial charge in [0, 0.05) is 4.47 Å². The summed E-state index contributed by atoms with van der Waals surface area (Å²) in [5.74, 6) is -0.957. The Kier molecular flexibility index (Phi) is 4.53. The number of benzene rings is 2. The van der Waals surface area contributed by atoms with E-state index in [1.165, 1.54) is 0 Å². The Morgan fingerprint density at radius 3 is 2.55 bits per heavy atom. The van der Waals surface area contributed by atoms with E-state index in [9.17, 15) is 4.79 Å². The number of hydrogen-bond acceptors (Lipinski definition) is 3. The minimum Gasteiger partial charge on any atom is -0.478 e. The minimum absolute atomic E-state index is 0.227. The Labute approximate surface area is 125 Å². The summed E-state index contributed by atoms with van der Waals surface area (Å²) in [6.45, 7) is 1.88. The second kappa shape index (κ2) is 6.34. The van der Waals surface area contributed by atoms with Gasteiger partial charge in [-0.1, -0.05) is 34.1 Å². The summed E-state index contributed by atoms with van der Waals surface area (Å²) < 4.78 is 0.984. The molecule has 2 rings (SSSR count). The molecule has 2 aromatic carbocycles. The Hall–Kier alpha value is -2.14. The number of hydrazone groups is 1. The predicted octanol–water partition coefficient (Wildman–Crippen LogP) is 3.98. The lowest BCUT2D eigenvalue weighted by atomic mass is 10.1. The first-order valence-corrected chi connectivity index (χ1v) is 6.75. The van der Waals surface area contributed by atoms with Gasteiger partial charge < -0.3 is 5.11 Å². The second-order valence-corrected chi connectivity index (χ2v) is 5.12. The fourth-order valence-corrected chi connectivity index (χ4v) is 2.05. The minimum atomic E-state index is -0.957. The van der Waals surface area contributed by atoms with Crippen molar-refractivity contribution >= 4 is 33.3 Å². The maximum atomic E-state index is 10.9. The summed E-state index contributed by atoms with van der Waals surface area (Å²) in [5.41, 5.74) is 5.53. The SMILES string of the molecule is C/C(=N\Nc1cccc(C(=O)O)c1)c1cccc(Br)c1. The third kappa shape index (κ3) is 3.68. The molecule has 2 N–H and O–H groups in total. The monoisotopic (exact) mass is 332 g/mol. The van der Waals surface area contributed by atoms with Crippen LogP contribution in [0, 0.1) is 0 Å². The van der Waals surface area contributed by atoms with Crippen molar-refractivity contribution in [2.24, 2.45) is 5.10 Å². The zero-order valence-corrected chi connectivity index (χ0v) is 12.4. The number of nitrogens with zero attached hydrogens (tertiary/aromatic N) is 1. The molecule has 0 saturated heterocycles. The molecule has 0 saturated carbocycles.